The first-order valence-corrected chi connectivity index (χ1v) is 10.8. The Hall–Kier alpha value is -2.12. The van der Waals surface area contributed by atoms with Crippen molar-refractivity contribution in [3.05, 3.63) is 54.0 Å². The molecule has 0 unspecified atom stereocenters. The first kappa shape index (κ1) is 18.3. The van der Waals surface area contributed by atoms with Gasteiger partial charge in [0.1, 0.15) is 5.76 Å². The Morgan fingerprint density at radius 1 is 1.30 bits per heavy atom. The highest BCUT2D eigenvalue weighted by molar-refractivity contribution is 7.89. The molecule has 2 fully saturated rings. The lowest BCUT2D eigenvalue weighted by Crippen LogP contribution is -2.31. The van der Waals surface area contributed by atoms with Gasteiger partial charge in [-0.05, 0) is 54.5 Å². The molecule has 1 saturated carbocycles. The van der Waals surface area contributed by atoms with Crippen molar-refractivity contribution >= 4 is 15.9 Å². The van der Waals surface area contributed by atoms with E-state index in [1.165, 1.54) is 4.31 Å². The fourth-order valence-electron chi connectivity index (χ4n) is 3.99. The summed E-state index contributed by atoms with van der Waals surface area (Å²) in [6, 6.07) is 10.7. The van der Waals surface area contributed by atoms with Crippen LogP contribution in [0.5, 0.6) is 0 Å². The zero-order chi connectivity index (χ0) is 19.1. The lowest BCUT2D eigenvalue weighted by molar-refractivity contribution is -0.123. The Morgan fingerprint density at radius 3 is 2.74 bits per heavy atom. The summed E-state index contributed by atoms with van der Waals surface area (Å²) < 4.78 is 32.6. The van der Waals surface area contributed by atoms with Crippen molar-refractivity contribution in [2.75, 3.05) is 13.1 Å². The third-order valence-electron chi connectivity index (χ3n) is 5.84. The molecule has 6 nitrogen and oxygen atoms in total. The third-order valence-corrected chi connectivity index (χ3v) is 7.70. The standard InChI is InChI=1S/C20H24N2O4S/c1-2-15-5-7-17(8-6-15)27(24,25)22-10-9-20(14-22)12-18(20)19(23)21-13-16-4-3-11-26-16/h3-8,11,18H,2,9-10,12-14H2,1H3,(H,21,23)/t18-,20+/m1/s1. The van der Waals surface area contributed by atoms with E-state index in [9.17, 15) is 13.2 Å². The van der Waals surface area contributed by atoms with Gasteiger partial charge >= 0.3 is 0 Å². The fourth-order valence-corrected chi connectivity index (χ4v) is 5.52. The predicted molar refractivity (Wildman–Crippen MR) is 100 cm³/mol. The van der Waals surface area contributed by atoms with Gasteiger partial charge in [-0.25, -0.2) is 8.42 Å². The highest BCUT2D eigenvalue weighted by Crippen LogP contribution is 2.59. The molecule has 0 radical (unpaired) electrons. The molecule has 2 heterocycles. The van der Waals surface area contributed by atoms with Crippen LogP contribution in [0.2, 0.25) is 0 Å². The molecule has 144 valence electrons. The van der Waals surface area contributed by atoms with E-state index in [0.29, 0.717) is 30.3 Å². The van der Waals surface area contributed by atoms with Crippen molar-refractivity contribution in [1.82, 2.24) is 9.62 Å². The Labute approximate surface area is 159 Å². The summed E-state index contributed by atoms with van der Waals surface area (Å²) in [6.45, 7) is 3.30. The van der Waals surface area contributed by atoms with Crippen molar-refractivity contribution in [3.8, 4) is 0 Å². The number of carbonyl (C=O) groups is 1. The molecule has 1 aliphatic heterocycles. The number of hydrogen-bond donors (Lipinski definition) is 1. The van der Waals surface area contributed by atoms with Gasteiger partial charge in [-0.1, -0.05) is 19.1 Å². The van der Waals surface area contributed by atoms with Crippen LogP contribution >= 0.6 is 0 Å². The van der Waals surface area contributed by atoms with E-state index < -0.39 is 10.0 Å². The second-order valence-corrected chi connectivity index (χ2v) is 9.44. The molecule has 2 aromatic rings. The molecule has 1 saturated heterocycles. The van der Waals surface area contributed by atoms with E-state index in [2.05, 4.69) is 5.32 Å². The quantitative estimate of drug-likeness (QED) is 0.825. The highest BCUT2D eigenvalue weighted by Gasteiger charge is 2.62. The number of amides is 1. The molecule has 2 atom stereocenters. The number of aryl methyl sites for hydroxylation is 1. The molecule has 2 aliphatic rings. The van der Waals surface area contributed by atoms with Crippen molar-refractivity contribution in [2.24, 2.45) is 11.3 Å². The zero-order valence-corrected chi connectivity index (χ0v) is 16.2. The minimum atomic E-state index is -3.50. The van der Waals surface area contributed by atoms with Gasteiger partial charge in [-0.15, -0.1) is 0 Å². The SMILES string of the molecule is CCc1ccc(S(=O)(=O)N2CC[C@]3(C[C@@H]3C(=O)NCc3ccco3)C2)cc1. The van der Waals surface area contributed by atoms with Crippen LogP contribution in [0.3, 0.4) is 0 Å². The lowest BCUT2D eigenvalue weighted by Gasteiger charge is -2.17. The Kier molecular flexibility index (Phi) is 4.60. The summed E-state index contributed by atoms with van der Waals surface area (Å²) in [5.41, 5.74) is 0.909. The number of nitrogens with zero attached hydrogens (tertiary/aromatic N) is 1. The maximum atomic E-state index is 12.9. The normalized spacial score (nSPS) is 25.0. The predicted octanol–water partition coefficient (Wildman–Crippen LogP) is 2.56. The molecule has 7 heteroatoms. The molecule has 1 amide bonds. The van der Waals surface area contributed by atoms with Crippen LogP contribution in [0.1, 0.15) is 31.1 Å². The Balaban J connectivity index is 1.39. The molecular formula is C20H24N2O4S. The minimum Gasteiger partial charge on any atom is -0.467 e. The maximum absolute atomic E-state index is 12.9. The summed E-state index contributed by atoms with van der Waals surface area (Å²) in [7, 11) is -3.50. The van der Waals surface area contributed by atoms with Gasteiger partial charge in [-0.3, -0.25) is 4.79 Å². The molecule has 1 aromatic heterocycles. The summed E-state index contributed by atoms with van der Waals surface area (Å²) in [5, 5.41) is 2.90. The van der Waals surface area contributed by atoms with E-state index in [-0.39, 0.29) is 17.2 Å². The van der Waals surface area contributed by atoms with Crippen LogP contribution in [0, 0.1) is 11.3 Å². The minimum absolute atomic E-state index is 0.0158. The van der Waals surface area contributed by atoms with Crippen LogP contribution in [0.4, 0.5) is 0 Å². The maximum Gasteiger partial charge on any atom is 0.243 e. The van der Waals surface area contributed by atoms with Gasteiger partial charge in [-0.2, -0.15) is 4.31 Å². The molecule has 0 bridgehead atoms. The lowest BCUT2D eigenvalue weighted by atomic mass is 10.0. The van der Waals surface area contributed by atoms with Crippen LogP contribution in [0.25, 0.3) is 0 Å². The smallest absolute Gasteiger partial charge is 0.243 e. The molecule has 4 rings (SSSR count). The van der Waals surface area contributed by atoms with Gasteiger partial charge in [0.05, 0.1) is 17.7 Å². The average molecular weight is 388 g/mol. The van der Waals surface area contributed by atoms with Gasteiger partial charge in [0.2, 0.25) is 15.9 Å². The van der Waals surface area contributed by atoms with E-state index >= 15 is 0 Å². The van der Waals surface area contributed by atoms with Gasteiger partial charge in [0.25, 0.3) is 0 Å². The number of rotatable bonds is 6. The first-order valence-electron chi connectivity index (χ1n) is 9.34. The van der Waals surface area contributed by atoms with Gasteiger partial charge in [0.15, 0.2) is 0 Å². The van der Waals surface area contributed by atoms with Crippen LogP contribution < -0.4 is 5.32 Å². The van der Waals surface area contributed by atoms with Crippen molar-refractivity contribution in [2.45, 2.75) is 37.6 Å². The van der Waals surface area contributed by atoms with E-state index in [4.69, 9.17) is 4.42 Å². The van der Waals surface area contributed by atoms with Crippen LogP contribution in [-0.4, -0.2) is 31.7 Å². The Morgan fingerprint density at radius 2 is 2.07 bits per heavy atom. The topological polar surface area (TPSA) is 79.6 Å². The second kappa shape index (κ2) is 6.80. The summed E-state index contributed by atoms with van der Waals surface area (Å²) >= 11 is 0. The molecule has 1 N–H and O–H groups in total. The molecule has 1 spiro atoms. The number of carbonyl (C=O) groups excluding carboxylic acids is 1. The zero-order valence-electron chi connectivity index (χ0n) is 15.3. The number of hydrogen-bond acceptors (Lipinski definition) is 4. The summed E-state index contributed by atoms with van der Waals surface area (Å²) in [4.78, 5) is 12.8. The van der Waals surface area contributed by atoms with E-state index in [1.807, 2.05) is 25.1 Å². The summed E-state index contributed by atoms with van der Waals surface area (Å²) in [5.74, 6) is 0.581. The average Bonchev–Trinajstić information content (AvgIpc) is 3.03. The highest BCUT2D eigenvalue weighted by atomic mass is 32.2. The fraction of sp³-hybridized carbons (Fsp3) is 0.450. The van der Waals surface area contributed by atoms with Crippen molar-refractivity contribution in [1.29, 1.82) is 0 Å². The third kappa shape index (κ3) is 3.41. The first-order chi connectivity index (χ1) is 12.9. The molecular weight excluding hydrogens is 364 g/mol. The monoisotopic (exact) mass is 388 g/mol. The van der Waals surface area contributed by atoms with Crippen LogP contribution in [0.15, 0.2) is 52.0 Å². The van der Waals surface area contributed by atoms with E-state index in [1.54, 1.807) is 24.5 Å². The number of sulfonamides is 1. The molecule has 1 aliphatic carbocycles. The van der Waals surface area contributed by atoms with Gasteiger partial charge < -0.3 is 9.73 Å². The summed E-state index contributed by atoms with van der Waals surface area (Å²) in [6.07, 6.45) is 3.94. The van der Waals surface area contributed by atoms with E-state index in [0.717, 1.165) is 24.8 Å². The van der Waals surface area contributed by atoms with Crippen LogP contribution in [-0.2, 0) is 27.8 Å². The van der Waals surface area contributed by atoms with Crippen molar-refractivity contribution < 1.29 is 17.6 Å². The molecule has 27 heavy (non-hydrogen) atoms. The largest absolute Gasteiger partial charge is 0.467 e. The van der Waals surface area contributed by atoms with Crippen molar-refractivity contribution in [3.63, 3.8) is 0 Å². The molecule has 1 aromatic carbocycles. The van der Waals surface area contributed by atoms with Gasteiger partial charge in [0, 0.05) is 19.0 Å². The number of nitrogens with one attached hydrogen (secondary N) is 1. The number of furan rings is 1. The Bertz CT molecular complexity index is 921. The second-order valence-electron chi connectivity index (χ2n) is 7.50. The number of benzene rings is 1.